The summed E-state index contributed by atoms with van der Waals surface area (Å²) < 4.78 is 1.26. The first-order valence-electron chi connectivity index (χ1n) is 8.48. The van der Waals surface area contributed by atoms with Crippen molar-refractivity contribution in [1.29, 1.82) is 0 Å². The van der Waals surface area contributed by atoms with E-state index >= 15 is 0 Å². The molecule has 0 saturated heterocycles. The van der Waals surface area contributed by atoms with Gasteiger partial charge in [0.05, 0.1) is 6.54 Å². The molecular formula is C21H19N3O3. The van der Waals surface area contributed by atoms with Crippen molar-refractivity contribution in [2.24, 2.45) is 0 Å². The zero-order chi connectivity index (χ0) is 19.4. The van der Waals surface area contributed by atoms with Crippen molar-refractivity contribution in [1.82, 2.24) is 9.78 Å². The van der Waals surface area contributed by atoms with Crippen LogP contribution in [0.5, 0.6) is 0 Å². The van der Waals surface area contributed by atoms with Crippen LogP contribution in [-0.2, 0) is 6.54 Å². The molecule has 1 aromatic heterocycles. The van der Waals surface area contributed by atoms with Crippen LogP contribution < -0.4 is 10.9 Å². The lowest BCUT2D eigenvalue weighted by Crippen LogP contribution is -2.26. The van der Waals surface area contributed by atoms with Gasteiger partial charge in [-0.2, -0.15) is 5.10 Å². The number of amides is 1. The lowest BCUT2D eigenvalue weighted by Gasteiger charge is -2.08. The first-order valence-corrected chi connectivity index (χ1v) is 8.48. The largest absolute Gasteiger partial charge is 0.321 e. The van der Waals surface area contributed by atoms with Gasteiger partial charge in [-0.25, -0.2) is 4.68 Å². The molecule has 0 atom stereocenters. The molecule has 0 bridgehead atoms. The van der Waals surface area contributed by atoms with Crippen molar-refractivity contribution in [3.63, 3.8) is 0 Å². The van der Waals surface area contributed by atoms with E-state index in [2.05, 4.69) is 10.4 Å². The minimum absolute atomic E-state index is 0.0438. The number of aromatic nitrogens is 2. The molecule has 6 heteroatoms. The zero-order valence-corrected chi connectivity index (χ0v) is 15.1. The Balaban J connectivity index is 1.78. The molecule has 3 rings (SSSR count). The molecule has 0 aliphatic rings. The maximum atomic E-state index is 12.4. The van der Waals surface area contributed by atoms with Gasteiger partial charge in [-0.1, -0.05) is 29.8 Å². The van der Waals surface area contributed by atoms with E-state index in [1.54, 1.807) is 24.3 Å². The molecule has 1 N–H and O–H groups in total. The summed E-state index contributed by atoms with van der Waals surface area (Å²) in [4.78, 5) is 35.8. The molecule has 27 heavy (non-hydrogen) atoms. The highest BCUT2D eigenvalue weighted by Gasteiger charge is 2.11. The molecule has 1 amide bonds. The molecule has 0 radical (unpaired) electrons. The van der Waals surface area contributed by atoms with Gasteiger partial charge >= 0.3 is 0 Å². The van der Waals surface area contributed by atoms with Crippen LogP contribution in [0, 0.1) is 6.92 Å². The standard InChI is InChI=1S/C21H19N3O3/c1-14-3-5-16(6-4-14)13-24-20(26)12-11-19(23-24)21(27)22-18-9-7-17(8-10-18)15(2)25/h3-12H,13H2,1-2H3,(H,22,27). The van der Waals surface area contributed by atoms with E-state index in [-0.39, 0.29) is 23.6 Å². The molecule has 0 aliphatic heterocycles. The lowest BCUT2D eigenvalue weighted by atomic mass is 10.1. The second-order valence-corrected chi connectivity index (χ2v) is 6.29. The van der Waals surface area contributed by atoms with Gasteiger partial charge in [-0.15, -0.1) is 0 Å². The predicted molar refractivity (Wildman–Crippen MR) is 103 cm³/mol. The second-order valence-electron chi connectivity index (χ2n) is 6.29. The van der Waals surface area contributed by atoms with Crippen molar-refractivity contribution in [2.45, 2.75) is 20.4 Å². The number of anilines is 1. The highest BCUT2D eigenvalue weighted by molar-refractivity contribution is 6.03. The summed E-state index contributed by atoms with van der Waals surface area (Å²) in [5.41, 5.74) is 3.02. The molecule has 0 saturated carbocycles. The molecule has 136 valence electrons. The average Bonchev–Trinajstić information content (AvgIpc) is 2.65. The van der Waals surface area contributed by atoms with Gasteiger partial charge < -0.3 is 5.32 Å². The van der Waals surface area contributed by atoms with Crippen molar-refractivity contribution < 1.29 is 9.59 Å². The first-order chi connectivity index (χ1) is 12.9. The molecule has 0 spiro atoms. The number of hydrogen-bond acceptors (Lipinski definition) is 4. The second kappa shape index (κ2) is 7.78. The third-order valence-corrected chi connectivity index (χ3v) is 4.10. The molecule has 0 unspecified atom stereocenters. The van der Waals surface area contributed by atoms with Gasteiger partial charge in [0.1, 0.15) is 5.69 Å². The Labute approximate surface area is 156 Å². The number of hydrogen-bond donors (Lipinski definition) is 1. The van der Waals surface area contributed by atoms with Crippen LogP contribution in [0.1, 0.15) is 38.9 Å². The number of aryl methyl sites for hydroxylation is 1. The Kier molecular flexibility index (Phi) is 5.26. The molecule has 6 nitrogen and oxygen atoms in total. The van der Waals surface area contributed by atoms with E-state index in [4.69, 9.17) is 0 Å². The monoisotopic (exact) mass is 361 g/mol. The first kappa shape index (κ1) is 18.3. The van der Waals surface area contributed by atoms with Crippen LogP contribution >= 0.6 is 0 Å². The molecule has 3 aromatic rings. The Bertz CT molecular complexity index is 1040. The van der Waals surface area contributed by atoms with Gasteiger partial charge in [0.15, 0.2) is 5.78 Å². The fourth-order valence-corrected chi connectivity index (χ4v) is 2.53. The smallest absolute Gasteiger partial charge is 0.276 e. The van der Waals surface area contributed by atoms with Gasteiger partial charge in [0.25, 0.3) is 11.5 Å². The number of nitrogens with one attached hydrogen (secondary N) is 1. The number of Topliss-reactive ketones (excluding diaryl/α,β-unsaturated/α-hetero) is 1. The summed E-state index contributed by atoms with van der Waals surface area (Å²) in [6.07, 6.45) is 0. The van der Waals surface area contributed by atoms with E-state index < -0.39 is 5.91 Å². The van der Waals surface area contributed by atoms with Crippen molar-refractivity contribution in [2.75, 3.05) is 5.32 Å². The van der Waals surface area contributed by atoms with Crippen LogP contribution in [-0.4, -0.2) is 21.5 Å². The van der Waals surface area contributed by atoms with E-state index in [9.17, 15) is 14.4 Å². The van der Waals surface area contributed by atoms with E-state index in [0.717, 1.165) is 11.1 Å². The normalized spacial score (nSPS) is 10.4. The predicted octanol–water partition coefficient (Wildman–Crippen LogP) is 3.05. The third-order valence-electron chi connectivity index (χ3n) is 4.10. The molecule has 1 heterocycles. The van der Waals surface area contributed by atoms with Crippen LogP contribution in [0.15, 0.2) is 65.5 Å². The molecule has 0 aliphatic carbocycles. The summed E-state index contributed by atoms with van der Waals surface area (Å²) in [6.45, 7) is 3.75. The number of nitrogens with zero attached hydrogens (tertiary/aromatic N) is 2. The Hall–Kier alpha value is -3.54. The highest BCUT2D eigenvalue weighted by atomic mass is 16.2. The molecule has 2 aromatic carbocycles. The van der Waals surface area contributed by atoms with E-state index in [1.165, 1.54) is 23.7 Å². The zero-order valence-electron chi connectivity index (χ0n) is 15.1. The number of ketones is 1. The summed E-state index contributed by atoms with van der Waals surface area (Å²) in [6, 6.07) is 17.1. The van der Waals surface area contributed by atoms with Crippen molar-refractivity contribution >= 4 is 17.4 Å². The number of carbonyl (C=O) groups is 2. The fraction of sp³-hybridized carbons (Fsp3) is 0.143. The highest BCUT2D eigenvalue weighted by Crippen LogP contribution is 2.11. The van der Waals surface area contributed by atoms with Crippen molar-refractivity contribution in [3.8, 4) is 0 Å². The van der Waals surface area contributed by atoms with Gasteiger partial charge in [0, 0.05) is 17.3 Å². The minimum Gasteiger partial charge on any atom is -0.321 e. The fourth-order valence-electron chi connectivity index (χ4n) is 2.53. The Morgan fingerprint density at radius 3 is 2.26 bits per heavy atom. The number of benzene rings is 2. The number of rotatable bonds is 5. The summed E-state index contributed by atoms with van der Waals surface area (Å²) in [5.74, 6) is -0.471. The Morgan fingerprint density at radius 1 is 0.963 bits per heavy atom. The average molecular weight is 361 g/mol. The topological polar surface area (TPSA) is 81.1 Å². The maximum absolute atomic E-state index is 12.4. The quantitative estimate of drug-likeness (QED) is 0.708. The Morgan fingerprint density at radius 2 is 1.63 bits per heavy atom. The van der Waals surface area contributed by atoms with Crippen LogP contribution in [0.4, 0.5) is 5.69 Å². The lowest BCUT2D eigenvalue weighted by molar-refractivity contribution is 0.101. The van der Waals surface area contributed by atoms with Crippen LogP contribution in [0.2, 0.25) is 0 Å². The maximum Gasteiger partial charge on any atom is 0.276 e. The number of carbonyl (C=O) groups excluding carboxylic acids is 2. The third kappa shape index (κ3) is 4.55. The van der Waals surface area contributed by atoms with Crippen LogP contribution in [0.25, 0.3) is 0 Å². The van der Waals surface area contributed by atoms with E-state index in [1.807, 2.05) is 31.2 Å². The summed E-state index contributed by atoms with van der Waals surface area (Å²) in [5, 5.41) is 6.88. The SMILES string of the molecule is CC(=O)c1ccc(NC(=O)c2ccc(=O)n(Cc3ccc(C)cc3)n2)cc1. The summed E-state index contributed by atoms with van der Waals surface area (Å²) >= 11 is 0. The van der Waals surface area contributed by atoms with Gasteiger partial charge in [-0.3, -0.25) is 14.4 Å². The molecule has 0 fully saturated rings. The van der Waals surface area contributed by atoms with Gasteiger partial charge in [0.2, 0.25) is 0 Å². The van der Waals surface area contributed by atoms with Crippen molar-refractivity contribution in [3.05, 3.63) is 93.4 Å². The molecular weight excluding hydrogens is 342 g/mol. The minimum atomic E-state index is -0.428. The van der Waals surface area contributed by atoms with Gasteiger partial charge in [-0.05, 0) is 49.7 Å². The van der Waals surface area contributed by atoms with E-state index in [0.29, 0.717) is 11.3 Å². The van der Waals surface area contributed by atoms with Crippen LogP contribution in [0.3, 0.4) is 0 Å². The summed E-state index contributed by atoms with van der Waals surface area (Å²) in [7, 11) is 0.